The van der Waals surface area contributed by atoms with Crippen molar-refractivity contribution in [2.24, 2.45) is 5.92 Å². The molecule has 3 aliphatic rings. The number of fused-ring (bicyclic) bond motifs is 1. The van der Waals surface area contributed by atoms with E-state index >= 15 is 0 Å². The lowest BCUT2D eigenvalue weighted by molar-refractivity contribution is -0.144. The molecule has 2 aromatic rings. The molecule has 0 radical (unpaired) electrons. The van der Waals surface area contributed by atoms with Gasteiger partial charge in [0.05, 0.1) is 6.61 Å². The first kappa shape index (κ1) is 16.3. The highest BCUT2D eigenvalue weighted by atomic mass is 35.6. The van der Waals surface area contributed by atoms with Crippen LogP contribution in [0.15, 0.2) is 48.5 Å². The van der Waals surface area contributed by atoms with Crippen LogP contribution in [0.25, 0.3) is 0 Å². The largest absolute Gasteiger partial charge is 0.462 e. The van der Waals surface area contributed by atoms with Gasteiger partial charge in [0.15, 0.2) is 0 Å². The number of benzene rings is 2. The standard InChI is InChI=1S/C19H15Cl3O2/c20-19(21,22)18(23)24-10-11-9-16-12-5-1-3-7-14(12)17(11)15-8-4-2-6-13(15)16/h1-8,11,16-17H,9-10H2/t11-,16?,17?/m0/s1. The quantitative estimate of drug-likeness (QED) is 0.528. The smallest absolute Gasteiger partial charge is 0.358 e. The number of hydrogen-bond acceptors (Lipinski definition) is 2. The number of carbonyl (C=O) groups is 1. The highest BCUT2D eigenvalue weighted by Gasteiger charge is 2.44. The third kappa shape index (κ3) is 2.61. The maximum atomic E-state index is 11.8. The van der Waals surface area contributed by atoms with Gasteiger partial charge in [-0.25, -0.2) is 4.79 Å². The van der Waals surface area contributed by atoms with Gasteiger partial charge in [0.2, 0.25) is 0 Å². The van der Waals surface area contributed by atoms with Crippen molar-refractivity contribution in [3.8, 4) is 0 Å². The Hall–Kier alpha value is -1.22. The zero-order chi connectivity index (χ0) is 16.9. The molecule has 2 bridgehead atoms. The third-order valence-corrected chi connectivity index (χ3v) is 5.55. The zero-order valence-electron chi connectivity index (χ0n) is 12.7. The number of ether oxygens (including phenoxy) is 1. The van der Waals surface area contributed by atoms with Crippen molar-refractivity contribution < 1.29 is 9.53 Å². The van der Waals surface area contributed by atoms with Crippen molar-refractivity contribution in [1.82, 2.24) is 0 Å². The molecule has 0 unspecified atom stereocenters. The van der Waals surface area contributed by atoms with Crippen LogP contribution >= 0.6 is 34.8 Å². The summed E-state index contributed by atoms with van der Waals surface area (Å²) in [7, 11) is 0. The fourth-order valence-electron chi connectivity index (χ4n) is 4.19. The Morgan fingerprint density at radius 1 is 0.958 bits per heavy atom. The predicted molar refractivity (Wildman–Crippen MR) is 95.9 cm³/mol. The van der Waals surface area contributed by atoms with Crippen molar-refractivity contribution in [2.45, 2.75) is 22.0 Å². The van der Waals surface area contributed by atoms with Gasteiger partial charge in [-0.1, -0.05) is 83.3 Å². The van der Waals surface area contributed by atoms with E-state index in [2.05, 4.69) is 48.5 Å². The second kappa shape index (κ2) is 5.94. The van der Waals surface area contributed by atoms with Crippen molar-refractivity contribution in [3.05, 3.63) is 70.8 Å². The summed E-state index contributed by atoms with van der Waals surface area (Å²) in [6.07, 6.45) is 0.936. The van der Waals surface area contributed by atoms with Gasteiger partial charge in [0.1, 0.15) is 0 Å². The Labute approximate surface area is 155 Å². The summed E-state index contributed by atoms with van der Waals surface area (Å²) in [5, 5.41) is 0. The van der Waals surface area contributed by atoms with Crippen LogP contribution in [0.5, 0.6) is 0 Å². The Bertz CT molecular complexity index is 750. The molecular formula is C19H15Cl3O2. The zero-order valence-corrected chi connectivity index (χ0v) is 15.0. The van der Waals surface area contributed by atoms with Crippen LogP contribution in [-0.2, 0) is 9.53 Å². The molecule has 5 rings (SSSR count). The van der Waals surface area contributed by atoms with Gasteiger partial charge in [-0.3, -0.25) is 0 Å². The second-order valence-electron chi connectivity index (χ2n) is 6.38. The molecule has 3 aliphatic carbocycles. The fraction of sp³-hybridized carbons (Fsp3) is 0.316. The van der Waals surface area contributed by atoms with Gasteiger partial charge >= 0.3 is 5.97 Å². The van der Waals surface area contributed by atoms with E-state index in [9.17, 15) is 4.79 Å². The molecule has 0 spiro atoms. The monoisotopic (exact) mass is 380 g/mol. The summed E-state index contributed by atoms with van der Waals surface area (Å²) in [5.74, 6) is -0.0731. The minimum absolute atomic E-state index is 0.191. The van der Waals surface area contributed by atoms with E-state index in [0.29, 0.717) is 5.92 Å². The van der Waals surface area contributed by atoms with Gasteiger partial charge in [-0.05, 0) is 28.7 Å². The average molecular weight is 382 g/mol. The van der Waals surface area contributed by atoms with Gasteiger partial charge in [-0.15, -0.1) is 0 Å². The van der Waals surface area contributed by atoms with E-state index in [4.69, 9.17) is 39.5 Å². The summed E-state index contributed by atoms with van der Waals surface area (Å²) >= 11 is 16.8. The third-order valence-electron chi connectivity index (χ3n) is 5.08. The maximum absolute atomic E-state index is 11.8. The van der Waals surface area contributed by atoms with Crippen molar-refractivity contribution >= 4 is 40.8 Å². The van der Waals surface area contributed by atoms with Gasteiger partial charge in [-0.2, -0.15) is 0 Å². The number of alkyl halides is 3. The number of hydrogen-bond donors (Lipinski definition) is 0. The fourth-order valence-corrected chi connectivity index (χ4v) is 4.35. The molecule has 0 saturated heterocycles. The summed E-state index contributed by atoms with van der Waals surface area (Å²) in [5.41, 5.74) is 5.40. The first-order valence-electron chi connectivity index (χ1n) is 7.88. The predicted octanol–water partition coefficient (Wildman–Crippen LogP) is 5.20. The highest BCUT2D eigenvalue weighted by Crippen LogP contribution is 2.55. The SMILES string of the molecule is O=C(OC[C@@H]1CC2c3ccccc3C1c1ccccc12)C(Cl)(Cl)Cl. The van der Waals surface area contributed by atoms with Crippen LogP contribution in [0.2, 0.25) is 0 Å². The molecule has 2 aromatic carbocycles. The molecule has 5 heteroatoms. The molecule has 0 aromatic heterocycles. The molecule has 0 aliphatic heterocycles. The molecule has 0 amide bonds. The van der Waals surface area contributed by atoms with Gasteiger partial charge in [0, 0.05) is 17.8 Å². The van der Waals surface area contributed by atoms with E-state index in [1.54, 1.807) is 0 Å². The maximum Gasteiger partial charge on any atom is 0.358 e. The molecule has 1 atom stereocenters. The minimum Gasteiger partial charge on any atom is -0.462 e. The Kier molecular flexibility index (Phi) is 4.03. The van der Waals surface area contributed by atoms with Crippen LogP contribution in [0, 0.1) is 5.92 Å². The van der Waals surface area contributed by atoms with Crippen LogP contribution in [0.1, 0.15) is 40.5 Å². The Morgan fingerprint density at radius 2 is 1.46 bits per heavy atom. The minimum atomic E-state index is -2.02. The lowest BCUT2D eigenvalue weighted by atomic mass is 9.59. The molecule has 124 valence electrons. The van der Waals surface area contributed by atoms with Crippen LogP contribution in [0.4, 0.5) is 0 Å². The van der Waals surface area contributed by atoms with Crippen molar-refractivity contribution in [3.63, 3.8) is 0 Å². The molecule has 24 heavy (non-hydrogen) atoms. The van der Waals surface area contributed by atoms with Gasteiger partial charge in [0.25, 0.3) is 3.79 Å². The topological polar surface area (TPSA) is 26.3 Å². The molecule has 0 fully saturated rings. The lowest BCUT2D eigenvalue weighted by Crippen LogP contribution is -2.36. The summed E-state index contributed by atoms with van der Waals surface area (Å²) in [6.45, 7) is 0.260. The van der Waals surface area contributed by atoms with E-state index < -0.39 is 9.76 Å². The lowest BCUT2D eigenvalue weighted by Gasteiger charge is -2.45. The van der Waals surface area contributed by atoms with E-state index in [1.165, 1.54) is 22.3 Å². The van der Waals surface area contributed by atoms with E-state index in [1.807, 2.05) is 0 Å². The first-order chi connectivity index (χ1) is 11.5. The summed E-state index contributed by atoms with van der Waals surface area (Å²) in [6, 6.07) is 17.0. The molecular weight excluding hydrogens is 367 g/mol. The molecule has 0 heterocycles. The van der Waals surface area contributed by atoms with Crippen molar-refractivity contribution in [1.29, 1.82) is 0 Å². The highest BCUT2D eigenvalue weighted by molar-refractivity contribution is 6.75. The normalized spacial score (nSPS) is 24.2. The number of rotatable bonds is 2. The first-order valence-corrected chi connectivity index (χ1v) is 9.02. The summed E-state index contributed by atoms with van der Waals surface area (Å²) in [4.78, 5) is 11.8. The number of halogens is 3. The van der Waals surface area contributed by atoms with Crippen molar-refractivity contribution in [2.75, 3.05) is 6.61 Å². The van der Waals surface area contributed by atoms with Gasteiger partial charge < -0.3 is 4.74 Å². The number of esters is 1. The average Bonchev–Trinajstić information content (AvgIpc) is 2.59. The van der Waals surface area contributed by atoms with E-state index in [-0.39, 0.29) is 18.4 Å². The molecule has 2 nitrogen and oxygen atoms in total. The van der Waals surface area contributed by atoms with Crippen LogP contribution in [0.3, 0.4) is 0 Å². The Morgan fingerprint density at radius 3 is 1.96 bits per heavy atom. The second-order valence-corrected chi connectivity index (χ2v) is 8.66. The summed E-state index contributed by atoms with van der Waals surface area (Å²) < 4.78 is 3.27. The Balaban J connectivity index is 1.67. The molecule has 0 N–H and O–H groups in total. The molecule has 0 saturated carbocycles. The van der Waals surface area contributed by atoms with E-state index in [0.717, 1.165) is 6.42 Å². The van der Waals surface area contributed by atoms with Crippen LogP contribution < -0.4 is 0 Å². The number of carbonyl (C=O) groups excluding carboxylic acids is 1. The van der Waals surface area contributed by atoms with Crippen LogP contribution in [-0.4, -0.2) is 16.4 Å².